The van der Waals surface area contributed by atoms with Gasteiger partial charge in [0.05, 0.1) is 44.5 Å². The van der Waals surface area contributed by atoms with Crippen molar-refractivity contribution in [2.24, 2.45) is 11.7 Å². The number of carbonyl (C=O) groups excluding carboxylic acids is 15. The summed E-state index contributed by atoms with van der Waals surface area (Å²) >= 11 is 0.623. The van der Waals surface area contributed by atoms with Gasteiger partial charge in [0.25, 0.3) is 0 Å². The van der Waals surface area contributed by atoms with Gasteiger partial charge in [0, 0.05) is 109 Å². The number of carboxylic acid groups (broad SMARTS) is 2. The number of aromatic nitrogens is 1. The minimum absolute atomic E-state index is 0.152. The van der Waals surface area contributed by atoms with E-state index in [-0.39, 0.29) is 57.5 Å². The van der Waals surface area contributed by atoms with Gasteiger partial charge in [0.15, 0.2) is 17.5 Å². The maximum atomic E-state index is 15.7. The number of nitrogens with zero attached hydrogens (tertiary/aromatic N) is 5. The van der Waals surface area contributed by atoms with E-state index in [1.807, 2.05) is 0 Å². The Kier molecular flexibility index (Phi) is 38.3. The number of aromatic amines is 1. The summed E-state index contributed by atoms with van der Waals surface area (Å²) < 4.78 is 56.2. The highest BCUT2D eigenvalue weighted by atomic mass is 32.2. The number of rotatable bonds is 24. The molecule has 0 aliphatic carbocycles. The molecule has 16 N–H and O–H groups in total. The lowest BCUT2D eigenvalue weighted by atomic mass is 9.98. The third-order valence-corrected chi connectivity index (χ3v) is 24.2. The van der Waals surface area contributed by atoms with E-state index >= 15 is 51.9 Å². The number of ether oxygens (including phenoxy) is 2. The van der Waals surface area contributed by atoms with Crippen LogP contribution < -0.4 is 53.6 Å². The summed E-state index contributed by atoms with van der Waals surface area (Å²) in [5.41, 5.74) is 7.11. The number of fused-ring (bicyclic) bond motifs is 3. The van der Waals surface area contributed by atoms with Gasteiger partial charge in [0.2, 0.25) is 88.6 Å². The fraction of sp³-hybridized carbons (Fsp3) is 0.462. The van der Waals surface area contributed by atoms with Crippen LogP contribution in [0, 0.1) is 23.4 Å². The lowest BCUT2D eigenvalue weighted by molar-refractivity contribution is -0.154. The van der Waals surface area contributed by atoms with Crippen LogP contribution in [0.15, 0.2) is 128 Å². The molecule has 0 unspecified atom stereocenters. The SMILES string of the molecule is CCCC[C@H]1C(=O)N2C[C@H](O)C[C@@H]2C(=O)N[C@@H](CC(=O)O)C(=O)N[C@@H](C(C)C)C(=O)N(C)[C@@H](Cc2ccccc2)C(=O)N[C@@H](CC(=O)O)C(=O)N2CCOC[C@@H]2C(=O)N[C@H](Cc2c[nH]c3ccccc23)C(=O)N[C@@H](Cc2ccc(O)cc2)C(=O)N[C@@H](CCOC)C(=O)N[C@H](C(=O)NCC(N)=O)CSCC(=O)N[C@@H](Cc2cc(F)c(F)c(F)c2)C(=O)N(C)[C@@H](Cc2ccccc2)C(=O)N1C. The summed E-state index contributed by atoms with van der Waals surface area (Å²) in [6.07, 6.45) is -5.02. The maximum Gasteiger partial charge on any atom is 0.305 e. The van der Waals surface area contributed by atoms with Gasteiger partial charge < -0.3 is 113 Å². The number of phenolic OH excluding ortho intramolecular Hbond substituents is 1. The second-order valence-electron chi connectivity index (χ2n) is 33.3. The minimum atomic E-state index is -2.08. The summed E-state index contributed by atoms with van der Waals surface area (Å²) in [5, 5.41) is 65.8. The van der Waals surface area contributed by atoms with E-state index in [1.165, 1.54) is 52.3 Å². The zero-order valence-electron chi connectivity index (χ0n) is 74.8. The predicted octanol–water partition coefficient (Wildman–Crippen LogP) is -0.467. The first kappa shape index (κ1) is 104. The number of carboxylic acids is 2. The molecule has 0 radical (unpaired) electrons. The molecule has 6 aromatic rings. The number of nitrogens with one attached hydrogen (secondary N) is 10. The fourth-order valence-corrected chi connectivity index (χ4v) is 16.8. The van der Waals surface area contributed by atoms with Crippen LogP contribution in [0.3, 0.4) is 0 Å². The molecule has 3 fully saturated rings. The number of benzene rings is 5. The molecule has 39 nitrogen and oxygen atoms in total. The number of morpholine rings is 1. The Labute approximate surface area is 773 Å². The molecule has 43 heteroatoms. The van der Waals surface area contributed by atoms with Gasteiger partial charge in [-0.2, -0.15) is 0 Å². The number of aliphatic hydroxyl groups excluding tert-OH is 1. The molecule has 3 saturated heterocycles. The number of H-pyrrole nitrogens is 1. The number of thioether (sulfide) groups is 1. The van der Waals surface area contributed by atoms with Gasteiger partial charge in [0.1, 0.15) is 84.3 Å². The average Bonchev–Trinajstić information content (AvgIpc) is 1.73. The van der Waals surface area contributed by atoms with Crippen molar-refractivity contribution in [1.82, 2.24) is 77.3 Å². The van der Waals surface area contributed by atoms with Crippen LogP contribution in [-0.4, -0.2) is 314 Å². The molecule has 722 valence electrons. The summed E-state index contributed by atoms with van der Waals surface area (Å²) in [6, 6.07) is 6.30. The molecule has 4 heterocycles. The lowest BCUT2D eigenvalue weighted by Crippen LogP contribution is -2.64. The first-order chi connectivity index (χ1) is 63.7. The van der Waals surface area contributed by atoms with E-state index in [9.17, 15) is 63.2 Å². The van der Waals surface area contributed by atoms with Crippen molar-refractivity contribution in [3.63, 3.8) is 0 Å². The molecule has 3 aliphatic rings. The van der Waals surface area contributed by atoms with Crippen molar-refractivity contribution < 1.29 is 125 Å². The van der Waals surface area contributed by atoms with Crippen molar-refractivity contribution in [2.45, 2.75) is 182 Å². The average molecular weight is 1890 g/mol. The number of para-hydroxylation sites is 1. The van der Waals surface area contributed by atoms with E-state index < -0.39 is 284 Å². The third kappa shape index (κ3) is 28.7. The van der Waals surface area contributed by atoms with Crippen molar-refractivity contribution >= 4 is 123 Å². The largest absolute Gasteiger partial charge is 0.508 e. The number of phenols is 1. The van der Waals surface area contributed by atoms with Crippen LogP contribution in [0.2, 0.25) is 0 Å². The third-order valence-electron chi connectivity index (χ3n) is 23.2. The summed E-state index contributed by atoms with van der Waals surface area (Å²) in [6.45, 7) is 1.72. The monoisotopic (exact) mass is 1890 g/mol. The Morgan fingerprint density at radius 1 is 0.560 bits per heavy atom. The van der Waals surface area contributed by atoms with Crippen LogP contribution in [-0.2, 0) is 123 Å². The highest BCUT2D eigenvalue weighted by Crippen LogP contribution is 2.28. The van der Waals surface area contributed by atoms with E-state index in [2.05, 4.69) is 52.8 Å². The van der Waals surface area contributed by atoms with Gasteiger partial charge in [-0.25, -0.2) is 13.2 Å². The van der Waals surface area contributed by atoms with Crippen molar-refractivity contribution in [3.05, 3.63) is 173 Å². The Morgan fingerprint density at radius 2 is 1.10 bits per heavy atom. The second-order valence-corrected chi connectivity index (χ2v) is 34.4. The molecule has 9 rings (SSSR count). The van der Waals surface area contributed by atoms with Crippen LogP contribution in [0.5, 0.6) is 5.75 Å². The molecule has 3 aliphatic heterocycles. The van der Waals surface area contributed by atoms with Gasteiger partial charge >= 0.3 is 11.9 Å². The molecule has 0 spiro atoms. The van der Waals surface area contributed by atoms with Crippen LogP contribution in [0.1, 0.15) is 93.5 Å². The molecule has 1 aromatic heterocycles. The molecular formula is C91H113F3N16O23S. The van der Waals surface area contributed by atoms with Crippen molar-refractivity contribution in [1.29, 1.82) is 0 Å². The fourth-order valence-electron chi connectivity index (χ4n) is 15.9. The van der Waals surface area contributed by atoms with Crippen LogP contribution in [0.25, 0.3) is 10.9 Å². The first-order valence-corrected chi connectivity index (χ1v) is 44.6. The number of carbonyl (C=O) groups is 17. The summed E-state index contributed by atoms with van der Waals surface area (Å²) in [5.74, 6) is -27.5. The molecule has 0 saturated carbocycles. The van der Waals surface area contributed by atoms with Crippen LogP contribution in [0.4, 0.5) is 13.2 Å². The number of aliphatic hydroxyl groups is 1. The number of hydrogen-bond donors (Lipinski definition) is 15. The molecule has 5 aromatic carbocycles. The normalized spacial score (nSPS) is 24.1. The van der Waals surface area contributed by atoms with E-state index in [0.717, 1.165) is 38.6 Å². The number of primary amides is 1. The standard InChI is InChI=1S/C91H113F3N16O23S/c1-8-9-24-68-90(130)110-45-56(112)40-70(110)85(125)102-64(41-75(115)116)83(123)105-78(49(2)3)91(131)107(5)69(37-50-18-12-10-13-19-50)84(124)103-66(42-76(117)118)88(128)109-30-32-133-46-72(109)86(126)101-63(39-54-43-96-60-23-17-16-22-57(54)60)82(122)100-62(35-52-25-27-55(111)28-26-52)81(121)99-61(29-31-132-7)80(120)104-67(79(119)97-44-73(95)113)47-134-48-74(114)98-65(36-53-33-58(92)77(94)59(93)34-53)87(127)108(6)71(89(129)106(68)4)38-51-20-14-11-15-21-51/h10-23,25-28,33-34,43,49,56,61-72,78,96,111-112H,8-9,24,29-32,35-42,44-48H2,1-7H3,(H2,95,113)(H,97,119)(H,98,114)(H,99,121)(H,100,122)(H,101,126)(H,102,125)(H,103,124)(H,104,120)(H,105,123)(H,115,116)(H,117,118)/t56-,61+,62+,63-,64+,65+,66+,67+,68+,69+,70-,71+,72-,78+/m1/s1. The van der Waals surface area contributed by atoms with Gasteiger partial charge in [-0.3, -0.25) is 81.5 Å². The number of unbranched alkanes of at least 4 members (excludes halogenated alkanes) is 1. The minimum Gasteiger partial charge on any atom is -0.508 e. The Hall–Kier alpha value is -13.6. The van der Waals surface area contributed by atoms with Gasteiger partial charge in [-0.15, -0.1) is 11.8 Å². The number of amides is 15. The molecule has 15 amide bonds. The van der Waals surface area contributed by atoms with E-state index in [0.29, 0.717) is 63.5 Å². The number of nitrogens with two attached hydrogens (primary N) is 1. The van der Waals surface area contributed by atoms with E-state index in [1.54, 1.807) is 98.0 Å². The molecule has 0 bridgehead atoms. The summed E-state index contributed by atoms with van der Waals surface area (Å²) in [7, 11) is 4.78. The van der Waals surface area contributed by atoms with Crippen molar-refractivity contribution in [2.75, 3.05) is 79.2 Å². The number of likely N-dealkylation sites (N-methyl/N-ethyl adjacent to an activating group) is 3. The molecule has 14 atom stereocenters. The van der Waals surface area contributed by atoms with Crippen LogP contribution >= 0.6 is 11.8 Å². The number of hydrogen-bond acceptors (Lipinski definition) is 22. The van der Waals surface area contributed by atoms with Gasteiger partial charge in [-0.1, -0.05) is 125 Å². The number of aromatic hydroxyl groups is 1. The Bertz CT molecular complexity index is 5220. The molecular weight excluding hydrogens is 1770 g/mol. The zero-order chi connectivity index (χ0) is 97.9. The zero-order valence-corrected chi connectivity index (χ0v) is 75.6. The smallest absolute Gasteiger partial charge is 0.305 e. The van der Waals surface area contributed by atoms with Crippen molar-refractivity contribution in [3.8, 4) is 5.75 Å². The highest BCUT2D eigenvalue weighted by molar-refractivity contribution is 8.00. The quantitative estimate of drug-likeness (QED) is 0.0341. The highest BCUT2D eigenvalue weighted by Gasteiger charge is 2.48. The topological polar surface area (TPSA) is 556 Å². The number of methoxy groups -OCH3 is 1. The predicted molar refractivity (Wildman–Crippen MR) is 477 cm³/mol. The van der Waals surface area contributed by atoms with Gasteiger partial charge in [-0.05, 0) is 76.9 Å². The maximum absolute atomic E-state index is 15.7. The summed E-state index contributed by atoms with van der Waals surface area (Å²) in [4.78, 5) is 258. The Balaban J connectivity index is 1.14. The molecule has 134 heavy (non-hydrogen) atoms. The second kappa shape index (κ2) is 49.3. The number of halogens is 3. The Morgan fingerprint density at radius 3 is 1.72 bits per heavy atom. The van der Waals surface area contributed by atoms with E-state index in [4.69, 9.17) is 15.2 Å². The lowest BCUT2D eigenvalue weighted by Gasteiger charge is -2.38. The number of aliphatic carboxylic acids is 2. The first-order valence-electron chi connectivity index (χ1n) is 43.4.